The van der Waals surface area contributed by atoms with Gasteiger partial charge in [-0.05, 0) is 30.3 Å². The van der Waals surface area contributed by atoms with Crippen molar-refractivity contribution in [2.45, 2.75) is 12.6 Å². The van der Waals surface area contributed by atoms with Gasteiger partial charge in [0.2, 0.25) is 5.91 Å². The Morgan fingerprint density at radius 1 is 1.04 bits per heavy atom. The van der Waals surface area contributed by atoms with Gasteiger partial charge in [-0.25, -0.2) is 4.68 Å². The van der Waals surface area contributed by atoms with Crippen molar-refractivity contribution in [1.29, 1.82) is 0 Å². The summed E-state index contributed by atoms with van der Waals surface area (Å²) < 4.78 is 39.8. The van der Waals surface area contributed by atoms with E-state index in [4.69, 9.17) is 0 Å². The van der Waals surface area contributed by atoms with Crippen molar-refractivity contribution >= 4 is 11.6 Å². The highest BCUT2D eigenvalue weighted by molar-refractivity contribution is 6.00. The molecule has 0 unspecified atom stereocenters. The Balaban J connectivity index is 1.87. The predicted octanol–water partition coefficient (Wildman–Crippen LogP) is 4.05. The second-order valence-electron chi connectivity index (χ2n) is 5.75. The first-order valence-electron chi connectivity index (χ1n) is 7.57. The van der Waals surface area contributed by atoms with Gasteiger partial charge in [-0.2, -0.15) is 18.3 Å². The highest BCUT2D eigenvalue weighted by atomic mass is 19.4. The number of carbonyl (C=O) groups excluding carboxylic acids is 1. The number of anilines is 1. The van der Waals surface area contributed by atoms with Gasteiger partial charge >= 0.3 is 6.18 Å². The molecule has 0 saturated carbocycles. The molecule has 126 valence electrons. The maximum absolute atomic E-state index is 12.8. The minimum atomic E-state index is -4.39. The lowest BCUT2D eigenvalue weighted by Crippen LogP contribution is -2.12. The van der Waals surface area contributed by atoms with E-state index in [1.807, 2.05) is 18.2 Å². The molecule has 7 heteroatoms. The van der Waals surface area contributed by atoms with Crippen molar-refractivity contribution < 1.29 is 18.0 Å². The summed E-state index contributed by atoms with van der Waals surface area (Å²) in [7, 11) is 0. The standard InChI is InChI=1S/C18H12F3N3O/c19-18(20,21)12-5-7-13(8-6-12)24-17-11(10-22-24)9-16(25)23-15-4-2-1-3-14(15)17/h1-8,10H,9H2,(H,23,25). The zero-order chi connectivity index (χ0) is 17.6. The highest BCUT2D eigenvalue weighted by Crippen LogP contribution is 2.36. The Morgan fingerprint density at radius 3 is 2.48 bits per heavy atom. The molecule has 1 aromatic heterocycles. The van der Waals surface area contributed by atoms with E-state index in [1.54, 1.807) is 16.9 Å². The maximum Gasteiger partial charge on any atom is 0.416 e. The normalized spacial score (nSPS) is 13.6. The lowest BCUT2D eigenvalue weighted by atomic mass is 10.1. The first-order valence-corrected chi connectivity index (χ1v) is 7.57. The average molecular weight is 343 g/mol. The Hall–Kier alpha value is -3.09. The maximum atomic E-state index is 12.8. The van der Waals surface area contributed by atoms with Crippen LogP contribution in [0, 0.1) is 0 Å². The largest absolute Gasteiger partial charge is 0.416 e. The monoisotopic (exact) mass is 343 g/mol. The summed E-state index contributed by atoms with van der Waals surface area (Å²) in [5.74, 6) is -0.154. The molecule has 1 aliphatic rings. The summed E-state index contributed by atoms with van der Waals surface area (Å²) in [6.07, 6.45) is -2.65. The van der Waals surface area contributed by atoms with Gasteiger partial charge in [0.05, 0.1) is 35.2 Å². The van der Waals surface area contributed by atoms with E-state index >= 15 is 0 Å². The third kappa shape index (κ3) is 2.67. The molecule has 0 saturated heterocycles. The average Bonchev–Trinajstić information content (AvgIpc) is 2.91. The molecule has 1 amide bonds. The number of para-hydroxylation sites is 1. The summed E-state index contributed by atoms with van der Waals surface area (Å²) in [6, 6.07) is 12.1. The molecular weight excluding hydrogens is 331 g/mol. The second kappa shape index (κ2) is 5.47. The summed E-state index contributed by atoms with van der Waals surface area (Å²) in [5.41, 5.74) is 2.64. The topological polar surface area (TPSA) is 46.9 Å². The smallest absolute Gasteiger partial charge is 0.325 e. The number of halogens is 3. The molecule has 4 rings (SSSR count). The summed E-state index contributed by atoms with van der Waals surface area (Å²) in [6.45, 7) is 0. The number of fused-ring (bicyclic) bond motifs is 3. The van der Waals surface area contributed by atoms with E-state index in [0.717, 1.165) is 23.3 Å². The van der Waals surface area contributed by atoms with Gasteiger partial charge in [-0.15, -0.1) is 0 Å². The third-order valence-corrected chi connectivity index (χ3v) is 4.09. The van der Waals surface area contributed by atoms with Crippen LogP contribution < -0.4 is 5.32 Å². The molecule has 0 spiro atoms. The highest BCUT2D eigenvalue weighted by Gasteiger charge is 2.30. The van der Waals surface area contributed by atoms with E-state index in [-0.39, 0.29) is 12.3 Å². The van der Waals surface area contributed by atoms with Gasteiger partial charge in [-0.1, -0.05) is 18.2 Å². The Morgan fingerprint density at radius 2 is 1.76 bits per heavy atom. The Bertz CT molecular complexity index is 958. The molecule has 0 bridgehead atoms. The van der Waals surface area contributed by atoms with E-state index in [9.17, 15) is 18.0 Å². The van der Waals surface area contributed by atoms with Crippen molar-refractivity contribution in [3.63, 3.8) is 0 Å². The lowest BCUT2D eigenvalue weighted by Gasteiger charge is -2.12. The van der Waals surface area contributed by atoms with Gasteiger partial charge in [0.1, 0.15) is 0 Å². The second-order valence-corrected chi connectivity index (χ2v) is 5.75. The van der Waals surface area contributed by atoms with Crippen LogP contribution >= 0.6 is 0 Å². The molecular formula is C18H12F3N3O. The number of hydrogen-bond acceptors (Lipinski definition) is 2. The fourth-order valence-electron chi connectivity index (χ4n) is 2.95. The summed E-state index contributed by atoms with van der Waals surface area (Å²) >= 11 is 0. The van der Waals surface area contributed by atoms with Crippen LogP contribution in [0.2, 0.25) is 0 Å². The van der Waals surface area contributed by atoms with Crippen LogP contribution in [0.1, 0.15) is 11.1 Å². The molecule has 25 heavy (non-hydrogen) atoms. The molecule has 0 aliphatic carbocycles. The van der Waals surface area contributed by atoms with Gasteiger partial charge < -0.3 is 5.32 Å². The van der Waals surface area contributed by atoms with Crippen LogP contribution in [-0.2, 0) is 17.4 Å². The zero-order valence-corrected chi connectivity index (χ0v) is 12.8. The van der Waals surface area contributed by atoms with Crippen molar-refractivity contribution in [1.82, 2.24) is 9.78 Å². The van der Waals surface area contributed by atoms with E-state index in [0.29, 0.717) is 17.1 Å². The van der Waals surface area contributed by atoms with E-state index in [1.165, 1.54) is 12.1 Å². The van der Waals surface area contributed by atoms with Gasteiger partial charge in [0.25, 0.3) is 0 Å². The first-order chi connectivity index (χ1) is 11.9. The number of alkyl halides is 3. The number of aromatic nitrogens is 2. The number of carbonyl (C=O) groups is 1. The SMILES string of the molecule is O=C1Cc2cnn(-c3ccc(C(F)(F)F)cc3)c2-c2ccccc2N1. The van der Waals surface area contributed by atoms with Crippen LogP contribution in [-0.4, -0.2) is 15.7 Å². The molecule has 3 aromatic rings. The minimum Gasteiger partial charge on any atom is -0.325 e. The molecule has 2 aromatic carbocycles. The molecule has 0 fully saturated rings. The van der Waals surface area contributed by atoms with Crippen molar-refractivity contribution in [2.24, 2.45) is 0 Å². The zero-order valence-electron chi connectivity index (χ0n) is 12.8. The summed E-state index contributed by atoms with van der Waals surface area (Å²) in [4.78, 5) is 12.0. The molecule has 4 nitrogen and oxygen atoms in total. The van der Waals surface area contributed by atoms with Gasteiger partial charge in [-0.3, -0.25) is 4.79 Å². The van der Waals surface area contributed by atoms with E-state index in [2.05, 4.69) is 10.4 Å². The number of nitrogens with zero attached hydrogens (tertiary/aromatic N) is 2. The fourth-order valence-corrected chi connectivity index (χ4v) is 2.95. The molecule has 0 radical (unpaired) electrons. The van der Waals surface area contributed by atoms with Gasteiger partial charge in [0, 0.05) is 11.1 Å². The van der Waals surface area contributed by atoms with Crippen molar-refractivity contribution in [3.05, 3.63) is 65.9 Å². The van der Waals surface area contributed by atoms with Crippen LogP contribution in [0.5, 0.6) is 0 Å². The number of benzene rings is 2. The number of nitrogens with one attached hydrogen (secondary N) is 1. The third-order valence-electron chi connectivity index (χ3n) is 4.09. The van der Waals surface area contributed by atoms with Crippen LogP contribution in [0.4, 0.5) is 18.9 Å². The minimum absolute atomic E-state index is 0.154. The Kier molecular flexibility index (Phi) is 3.38. The lowest BCUT2D eigenvalue weighted by molar-refractivity contribution is -0.137. The molecule has 2 heterocycles. The summed E-state index contributed by atoms with van der Waals surface area (Å²) in [5, 5.41) is 7.12. The first kappa shape index (κ1) is 15.4. The molecule has 1 N–H and O–H groups in total. The van der Waals surface area contributed by atoms with Crippen LogP contribution in [0.15, 0.2) is 54.7 Å². The quantitative estimate of drug-likeness (QED) is 0.724. The number of amides is 1. The van der Waals surface area contributed by atoms with Crippen LogP contribution in [0.3, 0.4) is 0 Å². The fraction of sp³-hybridized carbons (Fsp3) is 0.111. The van der Waals surface area contributed by atoms with Crippen molar-refractivity contribution in [3.8, 4) is 16.9 Å². The predicted molar refractivity (Wildman–Crippen MR) is 86.3 cm³/mol. The van der Waals surface area contributed by atoms with Crippen molar-refractivity contribution in [2.75, 3.05) is 5.32 Å². The van der Waals surface area contributed by atoms with E-state index < -0.39 is 11.7 Å². The number of rotatable bonds is 1. The van der Waals surface area contributed by atoms with Crippen LogP contribution in [0.25, 0.3) is 16.9 Å². The molecule has 0 atom stereocenters. The Labute approximate surface area is 140 Å². The molecule has 1 aliphatic heterocycles. The van der Waals surface area contributed by atoms with Gasteiger partial charge in [0.15, 0.2) is 0 Å². The number of hydrogen-bond donors (Lipinski definition) is 1.